The molecule has 0 saturated heterocycles. The molecule has 4 rings (SSSR count). The fourth-order valence-corrected chi connectivity index (χ4v) is 3.49. The molecule has 0 aliphatic carbocycles. The second-order valence-electron chi connectivity index (χ2n) is 7.42. The fraction of sp³-hybridized carbons (Fsp3) is 0.182. The highest BCUT2D eigenvalue weighted by Gasteiger charge is 2.17. The molecule has 3 heterocycles. The first-order valence-corrected chi connectivity index (χ1v) is 10.3. The van der Waals surface area contributed by atoms with Crippen LogP contribution < -0.4 is 5.32 Å². The number of carbonyl (C=O) groups is 1. The van der Waals surface area contributed by atoms with Crippen LogP contribution >= 0.6 is 11.6 Å². The quantitative estimate of drug-likeness (QED) is 0.379. The van der Waals surface area contributed by atoms with Gasteiger partial charge in [-0.05, 0) is 25.1 Å². The number of amides is 1. The second-order valence-corrected chi connectivity index (χ2v) is 7.83. The Labute approximate surface area is 193 Å². The van der Waals surface area contributed by atoms with Crippen molar-refractivity contribution in [2.45, 2.75) is 26.1 Å². The van der Waals surface area contributed by atoms with Gasteiger partial charge < -0.3 is 20.1 Å². The van der Waals surface area contributed by atoms with Crippen molar-refractivity contribution in [1.29, 1.82) is 5.26 Å². The molecule has 0 radical (unpaired) electrons. The monoisotopic (exact) mass is 466 g/mol. The lowest BCUT2D eigenvalue weighted by molar-refractivity contribution is 0.0926. The Bertz CT molecular complexity index is 1330. The van der Waals surface area contributed by atoms with Crippen LogP contribution in [0.15, 0.2) is 53.2 Å². The molecular formula is C22H19ClN6O4. The number of aromatic hydroxyl groups is 2. The Morgan fingerprint density at radius 1 is 1.24 bits per heavy atom. The first-order valence-electron chi connectivity index (χ1n) is 9.91. The van der Waals surface area contributed by atoms with Crippen molar-refractivity contribution in [3.8, 4) is 29.1 Å². The van der Waals surface area contributed by atoms with E-state index in [1.807, 2.05) is 19.1 Å². The van der Waals surface area contributed by atoms with Gasteiger partial charge in [-0.25, -0.2) is 0 Å². The molecule has 168 valence electrons. The highest BCUT2D eigenvalue weighted by Crippen LogP contribution is 2.24. The predicted octanol–water partition coefficient (Wildman–Crippen LogP) is 3.14. The third-order valence-electron chi connectivity index (χ3n) is 4.90. The average Bonchev–Trinajstić information content (AvgIpc) is 3.51. The lowest BCUT2D eigenvalue weighted by Crippen LogP contribution is -2.36. The Morgan fingerprint density at radius 2 is 2.00 bits per heavy atom. The van der Waals surface area contributed by atoms with Crippen molar-refractivity contribution in [2.24, 2.45) is 0 Å². The smallest absolute Gasteiger partial charge is 0.273 e. The molecule has 0 fully saturated rings. The summed E-state index contributed by atoms with van der Waals surface area (Å²) in [5.74, 6) is -0.395. The van der Waals surface area contributed by atoms with Gasteiger partial charge in [0.1, 0.15) is 6.07 Å². The predicted molar refractivity (Wildman–Crippen MR) is 118 cm³/mol. The maximum Gasteiger partial charge on any atom is 0.273 e. The van der Waals surface area contributed by atoms with Crippen molar-refractivity contribution in [1.82, 2.24) is 24.8 Å². The van der Waals surface area contributed by atoms with Crippen LogP contribution in [0, 0.1) is 11.3 Å². The molecule has 0 saturated carbocycles. The minimum absolute atomic E-state index is 0.0237. The van der Waals surface area contributed by atoms with Crippen LogP contribution in [-0.2, 0) is 13.1 Å². The molecule has 11 heteroatoms. The topological polar surface area (TPSA) is 142 Å². The number of benzene rings is 1. The highest BCUT2D eigenvalue weighted by atomic mass is 35.5. The molecule has 10 nitrogen and oxygen atoms in total. The largest absolute Gasteiger partial charge is 0.494 e. The molecule has 1 aromatic carbocycles. The first-order chi connectivity index (χ1) is 15.8. The van der Waals surface area contributed by atoms with E-state index < -0.39 is 5.91 Å². The van der Waals surface area contributed by atoms with E-state index in [-0.39, 0.29) is 30.0 Å². The van der Waals surface area contributed by atoms with Crippen molar-refractivity contribution in [3.05, 3.63) is 70.7 Å². The Balaban J connectivity index is 1.36. The van der Waals surface area contributed by atoms with E-state index in [9.17, 15) is 15.0 Å². The van der Waals surface area contributed by atoms with Gasteiger partial charge in [-0.1, -0.05) is 22.8 Å². The Morgan fingerprint density at radius 3 is 2.70 bits per heavy atom. The number of nitrogens with one attached hydrogen (secondary N) is 1. The van der Waals surface area contributed by atoms with Gasteiger partial charge in [-0.3, -0.25) is 14.0 Å². The molecule has 0 bridgehead atoms. The Kier molecular flexibility index (Phi) is 6.06. The molecule has 1 amide bonds. The fourth-order valence-electron chi connectivity index (χ4n) is 3.27. The number of carbonyl (C=O) groups excluding carboxylic acids is 1. The zero-order chi connectivity index (χ0) is 23.5. The summed E-state index contributed by atoms with van der Waals surface area (Å²) in [6.07, 6.45) is 1.79. The van der Waals surface area contributed by atoms with E-state index in [2.05, 4.69) is 15.6 Å². The second kappa shape index (κ2) is 9.10. The summed E-state index contributed by atoms with van der Waals surface area (Å²) in [5, 5.41) is 39.9. The van der Waals surface area contributed by atoms with E-state index in [0.717, 1.165) is 5.56 Å². The highest BCUT2D eigenvalue weighted by molar-refractivity contribution is 6.32. The molecule has 0 aliphatic rings. The van der Waals surface area contributed by atoms with E-state index in [4.69, 9.17) is 21.4 Å². The van der Waals surface area contributed by atoms with Gasteiger partial charge in [-0.2, -0.15) is 10.4 Å². The van der Waals surface area contributed by atoms with Gasteiger partial charge in [0.05, 0.1) is 29.4 Å². The molecule has 1 unspecified atom stereocenters. The summed E-state index contributed by atoms with van der Waals surface area (Å²) in [7, 11) is 0. The van der Waals surface area contributed by atoms with Crippen LogP contribution in [0.3, 0.4) is 0 Å². The molecule has 3 aromatic heterocycles. The maximum absolute atomic E-state index is 12.5. The van der Waals surface area contributed by atoms with Crippen molar-refractivity contribution >= 4 is 17.5 Å². The third kappa shape index (κ3) is 4.83. The van der Waals surface area contributed by atoms with Crippen LogP contribution in [0.25, 0.3) is 11.3 Å². The van der Waals surface area contributed by atoms with Crippen LogP contribution in [-0.4, -0.2) is 41.7 Å². The molecular weight excluding hydrogens is 448 g/mol. The summed E-state index contributed by atoms with van der Waals surface area (Å²) in [6.45, 7) is 2.26. The number of hydrogen-bond acceptors (Lipinski definition) is 7. The molecule has 0 aliphatic heterocycles. The van der Waals surface area contributed by atoms with E-state index in [1.165, 1.54) is 22.8 Å². The standard InChI is InChI=1S/C22H19ClN6O4/c1-13(11-28-7-6-18(26-28)14-2-3-15(10-24)17(23)8-14)25-22(32)19-9-16(33-27-19)12-29-20(30)4-5-21(29)31/h2-9,13,30-31H,11-12H2,1H3,(H,25,32). The van der Waals surface area contributed by atoms with Crippen LogP contribution in [0.5, 0.6) is 11.8 Å². The molecule has 3 N–H and O–H groups in total. The third-order valence-corrected chi connectivity index (χ3v) is 5.22. The summed E-state index contributed by atoms with van der Waals surface area (Å²) in [6, 6.07) is 12.8. The number of hydrogen-bond donors (Lipinski definition) is 3. The van der Waals surface area contributed by atoms with Gasteiger partial charge >= 0.3 is 0 Å². The first kappa shape index (κ1) is 22.0. The van der Waals surface area contributed by atoms with Gasteiger partial charge in [0, 0.05) is 36.0 Å². The van der Waals surface area contributed by atoms with Gasteiger partial charge in [0.2, 0.25) is 0 Å². The summed E-state index contributed by atoms with van der Waals surface area (Å²) in [5.41, 5.74) is 1.95. The molecule has 1 atom stereocenters. The van der Waals surface area contributed by atoms with Gasteiger partial charge in [0.15, 0.2) is 23.2 Å². The van der Waals surface area contributed by atoms with E-state index >= 15 is 0 Å². The number of aromatic nitrogens is 4. The maximum atomic E-state index is 12.5. The van der Waals surface area contributed by atoms with Crippen molar-refractivity contribution < 1.29 is 19.5 Å². The Hall–Kier alpha value is -4.23. The SMILES string of the molecule is CC(Cn1ccc(-c2ccc(C#N)c(Cl)c2)n1)NC(=O)c1cc(Cn2c(O)ccc2O)on1. The lowest BCUT2D eigenvalue weighted by atomic mass is 10.1. The summed E-state index contributed by atoms with van der Waals surface area (Å²) >= 11 is 6.10. The van der Waals surface area contributed by atoms with Gasteiger partial charge in [-0.15, -0.1) is 0 Å². The zero-order valence-electron chi connectivity index (χ0n) is 17.4. The zero-order valence-corrected chi connectivity index (χ0v) is 18.2. The normalized spacial score (nSPS) is 11.8. The number of nitriles is 1. The number of halogens is 1. The summed E-state index contributed by atoms with van der Waals surface area (Å²) in [4.78, 5) is 12.5. The minimum Gasteiger partial charge on any atom is -0.494 e. The van der Waals surface area contributed by atoms with Gasteiger partial charge in [0.25, 0.3) is 5.91 Å². The van der Waals surface area contributed by atoms with Crippen molar-refractivity contribution in [3.63, 3.8) is 0 Å². The van der Waals surface area contributed by atoms with Crippen LogP contribution in [0.4, 0.5) is 0 Å². The van der Waals surface area contributed by atoms with Crippen LogP contribution in [0.1, 0.15) is 28.7 Å². The van der Waals surface area contributed by atoms with Crippen LogP contribution in [0.2, 0.25) is 5.02 Å². The average molecular weight is 467 g/mol. The van der Waals surface area contributed by atoms with Crippen molar-refractivity contribution in [2.75, 3.05) is 0 Å². The van der Waals surface area contributed by atoms with E-state index in [0.29, 0.717) is 28.6 Å². The molecule has 0 spiro atoms. The molecule has 33 heavy (non-hydrogen) atoms. The minimum atomic E-state index is -0.426. The lowest BCUT2D eigenvalue weighted by Gasteiger charge is -2.12. The number of nitrogens with zero attached hydrogens (tertiary/aromatic N) is 5. The summed E-state index contributed by atoms with van der Waals surface area (Å²) < 4.78 is 8.05. The van der Waals surface area contributed by atoms with E-state index in [1.54, 1.807) is 29.1 Å². The number of rotatable bonds is 7. The molecule has 4 aromatic rings.